The van der Waals surface area contributed by atoms with Crippen molar-refractivity contribution < 1.29 is 0 Å². The molecule has 1 N–H and O–H groups in total. The maximum atomic E-state index is 3.54. The van der Waals surface area contributed by atoms with E-state index < -0.39 is 0 Å². The van der Waals surface area contributed by atoms with E-state index in [0.717, 1.165) is 6.04 Å². The van der Waals surface area contributed by atoms with Crippen LogP contribution < -0.4 is 5.32 Å². The number of benzene rings is 1. The monoisotopic (exact) mass is 221 g/mol. The summed E-state index contributed by atoms with van der Waals surface area (Å²) in [5.41, 5.74) is 1.36. The second-order valence-electron chi connectivity index (χ2n) is 4.25. The summed E-state index contributed by atoms with van der Waals surface area (Å²) in [6, 6.07) is 9.61. The van der Waals surface area contributed by atoms with Gasteiger partial charge in [0.2, 0.25) is 0 Å². The molecule has 15 heavy (non-hydrogen) atoms. The summed E-state index contributed by atoms with van der Waals surface area (Å²) >= 11 is 1.97. The third-order valence-electron chi connectivity index (χ3n) is 2.59. The largest absolute Gasteiger partial charge is 0.314 e. The first-order valence-electron chi connectivity index (χ1n) is 5.77. The van der Waals surface area contributed by atoms with E-state index in [1.807, 2.05) is 11.8 Å². The molecule has 1 aromatic carbocycles. The molecule has 2 rings (SSSR count). The summed E-state index contributed by atoms with van der Waals surface area (Å²) in [5.74, 6) is 1.23. The summed E-state index contributed by atoms with van der Waals surface area (Å²) in [6.07, 6.45) is 4.06. The molecule has 1 nitrogen and oxygen atoms in total. The highest BCUT2D eigenvalue weighted by molar-refractivity contribution is 7.99. The van der Waals surface area contributed by atoms with Crippen molar-refractivity contribution in [2.75, 3.05) is 12.3 Å². The lowest BCUT2D eigenvalue weighted by Crippen LogP contribution is -2.17. The number of hydrogen-bond acceptors (Lipinski definition) is 2. The molecule has 1 saturated carbocycles. The molecule has 0 radical (unpaired) electrons. The topological polar surface area (TPSA) is 12.0 Å². The molecule has 1 aromatic rings. The minimum atomic E-state index is 0.856. The second kappa shape index (κ2) is 5.57. The Kier molecular flexibility index (Phi) is 4.09. The van der Waals surface area contributed by atoms with E-state index in [0.29, 0.717) is 0 Å². The van der Waals surface area contributed by atoms with Gasteiger partial charge in [-0.3, -0.25) is 0 Å². The molecule has 2 heteroatoms. The van der Waals surface area contributed by atoms with Crippen LogP contribution in [0.25, 0.3) is 0 Å². The van der Waals surface area contributed by atoms with Gasteiger partial charge < -0.3 is 5.32 Å². The minimum absolute atomic E-state index is 0.856. The third kappa shape index (κ3) is 4.27. The van der Waals surface area contributed by atoms with Crippen molar-refractivity contribution in [1.29, 1.82) is 0 Å². The fourth-order valence-corrected chi connectivity index (χ4v) is 2.53. The van der Waals surface area contributed by atoms with Gasteiger partial charge in [0.1, 0.15) is 0 Å². The molecule has 1 fully saturated rings. The third-order valence-corrected chi connectivity index (χ3v) is 3.67. The van der Waals surface area contributed by atoms with Gasteiger partial charge in [-0.15, -0.1) is 11.8 Å². The van der Waals surface area contributed by atoms with Crippen molar-refractivity contribution in [3.63, 3.8) is 0 Å². The molecule has 0 atom stereocenters. The van der Waals surface area contributed by atoms with Gasteiger partial charge in [-0.1, -0.05) is 17.7 Å². The van der Waals surface area contributed by atoms with Gasteiger partial charge in [-0.25, -0.2) is 0 Å². The maximum absolute atomic E-state index is 3.54. The predicted molar refractivity (Wildman–Crippen MR) is 67.5 cm³/mol. The van der Waals surface area contributed by atoms with Crippen LogP contribution in [0.1, 0.15) is 24.8 Å². The first-order chi connectivity index (χ1) is 7.34. The number of rotatable bonds is 6. The van der Waals surface area contributed by atoms with E-state index in [4.69, 9.17) is 0 Å². The van der Waals surface area contributed by atoms with Crippen molar-refractivity contribution in [3.8, 4) is 0 Å². The van der Waals surface area contributed by atoms with Crippen LogP contribution in [0.2, 0.25) is 0 Å². The van der Waals surface area contributed by atoms with Crippen LogP contribution in [-0.4, -0.2) is 18.3 Å². The van der Waals surface area contributed by atoms with Crippen molar-refractivity contribution >= 4 is 11.8 Å². The standard InChI is InChI=1S/C13H19NS/c1-11-4-2-5-13(10-11)15-9-3-8-14-12-6-7-12/h2,4-5,10,12,14H,3,6-9H2,1H3. The van der Waals surface area contributed by atoms with Crippen LogP contribution in [0.15, 0.2) is 29.2 Å². The fourth-order valence-electron chi connectivity index (χ4n) is 1.56. The average molecular weight is 221 g/mol. The van der Waals surface area contributed by atoms with Crippen LogP contribution >= 0.6 is 11.8 Å². The van der Waals surface area contributed by atoms with Gasteiger partial charge in [0.05, 0.1) is 0 Å². The zero-order chi connectivity index (χ0) is 10.5. The summed E-state index contributed by atoms with van der Waals surface area (Å²) in [7, 11) is 0. The maximum Gasteiger partial charge on any atom is 0.00745 e. The zero-order valence-corrected chi connectivity index (χ0v) is 10.1. The lowest BCUT2D eigenvalue weighted by atomic mass is 10.2. The molecule has 0 bridgehead atoms. The Morgan fingerprint density at radius 2 is 2.27 bits per heavy atom. The molecule has 0 unspecified atom stereocenters. The lowest BCUT2D eigenvalue weighted by Gasteiger charge is -2.03. The number of nitrogens with one attached hydrogen (secondary N) is 1. The Bertz CT molecular complexity index is 307. The van der Waals surface area contributed by atoms with Gasteiger partial charge in [0.15, 0.2) is 0 Å². The molecule has 0 aromatic heterocycles. The van der Waals surface area contributed by atoms with Crippen molar-refractivity contribution in [3.05, 3.63) is 29.8 Å². The summed E-state index contributed by atoms with van der Waals surface area (Å²) in [6.45, 7) is 3.34. The van der Waals surface area contributed by atoms with Gasteiger partial charge in [-0.05, 0) is 50.6 Å². The molecule has 1 aliphatic carbocycles. The summed E-state index contributed by atoms with van der Waals surface area (Å²) in [4.78, 5) is 1.40. The molecule has 0 amide bonds. The minimum Gasteiger partial charge on any atom is -0.314 e. The van der Waals surface area contributed by atoms with Crippen molar-refractivity contribution in [2.45, 2.75) is 37.1 Å². The first-order valence-corrected chi connectivity index (χ1v) is 6.76. The quantitative estimate of drug-likeness (QED) is 0.584. The Morgan fingerprint density at radius 1 is 1.40 bits per heavy atom. The number of hydrogen-bond donors (Lipinski definition) is 1. The summed E-state index contributed by atoms with van der Waals surface area (Å²) < 4.78 is 0. The lowest BCUT2D eigenvalue weighted by molar-refractivity contribution is 0.674. The molecule has 1 aliphatic rings. The van der Waals surface area contributed by atoms with Crippen molar-refractivity contribution in [1.82, 2.24) is 5.32 Å². The molecule has 0 saturated heterocycles. The van der Waals surface area contributed by atoms with Crippen LogP contribution in [0.4, 0.5) is 0 Å². The van der Waals surface area contributed by atoms with Crippen LogP contribution in [0.5, 0.6) is 0 Å². The molecule has 0 spiro atoms. The van der Waals surface area contributed by atoms with E-state index in [9.17, 15) is 0 Å². The van der Waals surface area contributed by atoms with Gasteiger partial charge >= 0.3 is 0 Å². The normalized spacial score (nSPS) is 15.5. The Morgan fingerprint density at radius 3 is 3.00 bits per heavy atom. The van der Waals surface area contributed by atoms with E-state index >= 15 is 0 Å². The zero-order valence-electron chi connectivity index (χ0n) is 9.33. The second-order valence-corrected chi connectivity index (χ2v) is 5.42. The van der Waals surface area contributed by atoms with Crippen LogP contribution in [-0.2, 0) is 0 Å². The van der Waals surface area contributed by atoms with Gasteiger partial charge in [0, 0.05) is 10.9 Å². The highest BCUT2D eigenvalue weighted by Crippen LogP contribution is 2.20. The smallest absolute Gasteiger partial charge is 0.00745 e. The van der Waals surface area contributed by atoms with Crippen molar-refractivity contribution in [2.24, 2.45) is 0 Å². The van der Waals surface area contributed by atoms with E-state index in [1.165, 1.54) is 42.0 Å². The highest BCUT2D eigenvalue weighted by Gasteiger charge is 2.19. The molecular formula is C13H19NS. The molecule has 0 aliphatic heterocycles. The highest BCUT2D eigenvalue weighted by atomic mass is 32.2. The SMILES string of the molecule is Cc1cccc(SCCCNC2CC2)c1. The van der Waals surface area contributed by atoms with Gasteiger partial charge in [0.25, 0.3) is 0 Å². The van der Waals surface area contributed by atoms with Crippen LogP contribution in [0, 0.1) is 6.92 Å². The number of aryl methyl sites for hydroxylation is 1. The predicted octanol–water partition coefficient (Wildman–Crippen LogP) is 3.23. The summed E-state index contributed by atoms with van der Waals surface area (Å²) in [5, 5.41) is 3.54. The Labute approximate surface area is 96.7 Å². The van der Waals surface area contributed by atoms with Gasteiger partial charge in [-0.2, -0.15) is 0 Å². The van der Waals surface area contributed by atoms with E-state index in [-0.39, 0.29) is 0 Å². The average Bonchev–Trinajstić information content (AvgIpc) is 3.01. The van der Waals surface area contributed by atoms with E-state index in [1.54, 1.807) is 0 Å². The molecule has 82 valence electrons. The van der Waals surface area contributed by atoms with E-state index in [2.05, 4.69) is 36.5 Å². The molecule has 0 heterocycles. The Balaban J connectivity index is 1.60. The number of thioether (sulfide) groups is 1. The first kappa shape index (κ1) is 11.0. The Hall–Kier alpha value is -0.470. The van der Waals surface area contributed by atoms with Crippen LogP contribution in [0.3, 0.4) is 0 Å². The fraction of sp³-hybridized carbons (Fsp3) is 0.538. The molecular weight excluding hydrogens is 202 g/mol.